The zero-order valence-corrected chi connectivity index (χ0v) is 21.6. The second kappa shape index (κ2) is 9.21. The van der Waals surface area contributed by atoms with E-state index >= 15 is 0 Å². The summed E-state index contributed by atoms with van der Waals surface area (Å²) in [6, 6.07) is 7.44. The average molecular weight is 473 g/mol. The summed E-state index contributed by atoms with van der Waals surface area (Å²) in [5.41, 5.74) is -0.592. The van der Waals surface area contributed by atoms with Gasteiger partial charge in [-0.3, -0.25) is 9.48 Å². The first-order valence-electron chi connectivity index (χ1n) is 12.2. The predicted molar refractivity (Wildman–Crippen MR) is 133 cm³/mol. The number of carboxylic acid groups (broad SMARTS) is 1. The first-order valence-corrected chi connectivity index (χ1v) is 12.2. The number of benzene rings is 1. The fourth-order valence-electron chi connectivity index (χ4n) is 5.25. The molecule has 1 fully saturated rings. The fourth-order valence-corrected chi connectivity index (χ4v) is 5.25. The summed E-state index contributed by atoms with van der Waals surface area (Å²) in [6.07, 6.45) is 1.30. The van der Waals surface area contributed by atoms with Crippen LogP contribution in [0.3, 0.4) is 0 Å². The van der Waals surface area contributed by atoms with Crippen LogP contribution < -0.4 is 5.32 Å². The molecule has 0 unspecified atom stereocenters. The van der Waals surface area contributed by atoms with E-state index in [9.17, 15) is 19.8 Å². The number of fused-ring (bicyclic) bond motifs is 1. The van der Waals surface area contributed by atoms with Crippen molar-refractivity contribution in [2.24, 2.45) is 5.41 Å². The van der Waals surface area contributed by atoms with E-state index < -0.39 is 17.2 Å². The molecule has 0 aliphatic carbocycles. The van der Waals surface area contributed by atoms with Gasteiger partial charge in [0, 0.05) is 24.0 Å². The van der Waals surface area contributed by atoms with Gasteiger partial charge in [-0.05, 0) is 64.9 Å². The van der Waals surface area contributed by atoms with Crippen molar-refractivity contribution in [1.82, 2.24) is 20.0 Å². The molecule has 0 bridgehead atoms. The Hall–Kier alpha value is -2.61. The Morgan fingerprint density at radius 1 is 1.21 bits per heavy atom. The summed E-state index contributed by atoms with van der Waals surface area (Å²) in [6.45, 7) is 13.9. The Morgan fingerprint density at radius 2 is 1.85 bits per heavy atom. The minimum absolute atomic E-state index is 0.104. The molecule has 3 N–H and O–H groups in total. The Bertz CT molecular complexity index is 1050. The molecule has 2 atom stereocenters. The van der Waals surface area contributed by atoms with Gasteiger partial charge in [-0.2, -0.15) is 5.10 Å². The minimum atomic E-state index is -1.00. The number of nitrogens with zero attached hydrogens (tertiary/aromatic N) is 3. The molecular formula is C26H40N4O4. The Balaban J connectivity index is 1.86. The van der Waals surface area contributed by atoms with Gasteiger partial charge in [-0.15, -0.1) is 0 Å². The number of aliphatic hydroxyl groups is 1. The van der Waals surface area contributed by atoms with Crippen molar-refractivity contribution in [3.8, 4) is 0 Å². The third-order valence-electron chi connectivity index (χ3n) is 7.26. The van der Waals surface area contributed by atoms with E-state index in [4.69, 9.17) is 0 Å². The van der Waals surface area contributed by atoms with Crippen LogP contribution in [0.1, 0.15) is 90.7 Å². The topological polar surface area (TPSA) is 108 Å². The number of carbonyl (C=O) groups is 2. The lowest BCUT2D eigenvalue weighted by Gasteiger charge is -2.56. The van der Waals surface area contributed by atoms with Gasteiger partial charge in [0.1, 0.15) is 0 Å². The molecule has 1 aromatic heterocycles. The van der Waals surface area contributed by atoms with E-state index in [1.807, 2.05) is 42.8 Å². The first-order chi connectivity index (χ1) is 15.7. The smallest absolute Gasteiger partial charge is 0.407 e. The highest BCUT2D eigenvalue weighted by atomic mass is 16.4. The number of aromatic nitrogens is 2. The Morgan fingerprint density at radius 3 is 2.41 bits per heavy atom. The lowest BCUT2D eigenvalue weighted by molar-refractivity contribution is -0.0536. The average Bonchev–Trinajstić information content (AvgIpc) is 3.11. The number of hydrogen-bond acceptors (Lipinski definition) is 4. The number of nitrogens with one attached hydrogen (secondary N) is 1. The molecule has 8 heteroatoms. The van der Waals surface area contributed by atoms with Crippen molar-refractivity contribution in [3.63, 3.8) is 0 Å². The van der Waals surface area contributed by atoms with Crippen LogP contribution in [0, 0.1) is 5.41 Å². The molecular weight excluding hydrogens is 432 g/mol. The normalized spacial score (nSPS) is 21.8. The monoisotopic (exact) mass is 472 g/mol. The van der Waals surface area contributed by atoms with Crippen LogP contribution in [-0.2, 0) is 0 Å². The first kappa shape index (κ1) is 26.0. The van der Waals surface area contributed by atoms with Crippen LogP contribution in [0.5, 0.6) is 0 Å². The molecule has 188 valence electrons. The van der Waals surface area contributed by atoms with Crippen molar-refractivity contribution < 1.29 is 19.8 Å². The van der Waals surface area contributed by atoms with Crippen LogP contribution in [0.15, 0.2) is 24.3 Å². The van der Waals surface area contributed by atoms with E-state index in [0.717, 1.165) is 10.9 Å². The molecule has 34 heavy (non-hydrogen) atoms. The summed E-state index contributed by atoms with van der Waals surface area (Å²) in [5, 5.41) is 28.9. The van der Waals surface area contributed by atoms with Gasteiger partial charge < -0.3 is 20.4 Å². The number of amides is 2. The summed E-state index contributed by atoms with van der Waals surface area (Å²) < 4.78 is 1.84. The van der Waals surface area contributed by atoms with E-state index in [0.29, 0.717) is 31.4 Å². The maximum atomic E-state index is 13.3. The summed E-state index contributed by atoms with van der Waals surface area (Å²) >= 11 is 0. The molecule has 1 aliphatic rings. The van der Waals surface area contributed by atoms with Crippen LogP contribution in [0.2, 0.25) is 0 Å². The summed E-state index contributed by atoms with van der Waals surface area (Å²) in [5.74, 6) is -0.286. The number of likely N-dealkylation sites (tertiary alicyclic amines) is 1. The van der Waals surface area contributed by atoms with Crippen LogP contribution in [0.25, 0.3) is 10.9 Å². The van der Waals surface area contributed by atoms with Gasteiger partial charge in [-0.1, -0.05) is 39.0 Å². The lowest BCUT2D eigenvalue weighted by atomic mass is 9.64. The van der Waals surface area contributed by atoms with E-state index in [2.05, 4.69) is 31.2 Å². The van der Waals surface area contributed by atoms with Gasteiger partial charge in [0.25, 0.3) is 5.91 Å². The molecule has 2 heterocycles. The molecule has 8 nitrogen and oxygen atoms in total. The van der Waals surface area contributed by atoms with E-state index in [1.54, 1.807) is 13.8 Å². The maximum Gasteiger partial charge on any atom is 0.407 e. The number of piperidine rings is 1. The molecule has 3 rings (SSSR count). The number of hydrogen-bond donors (Lipinski definition) is 3. The molecule has 0 spiro atoms. The molecule has 0 radical (unpaired) electrons. The van der Waals surface area contributed by atoms with Crippen molar-refractivity contribution in [2.45, 2.75) is 97.4 Å². The highest BCUT2D eigenvalue weighted by molar-refractivity contribution is 6.05. The maximum absolute atomic E-state index is 13.3. The standard InChI is InChI=1S/C26H40N4O4/c1-17(2)30-20-11-9-8-10-19(20)21(28-30)22(31)27-18-12-13-26(24(3,4)5,15-14-25(6,7)34)29(16-18)23(32)33/h8-11,17-18,34H,12-16H2,1-7H3,(H,27,31)(H,32,33)/t18-,26-/m0/s1. The molecule has 1 saturated heterocycles. The van der Waals surface area contributed by atoms with Crippen molar-refractivity contribution in [3.05, 3.63) is 30.0 Å². The molecule has 0 saturated carbocycles. The quantitative estimate of drug-likeness (QED) is 0.558. The lowest BCUT2D eigenvalue weighted by Crippen LogP contribution is -2.65. The third kappa shape index (κ3) is 5.06. The summed E-state index contributed by atoms with van der Waals surface area (Å²) in [4.78, 5) is 27.2. The zero-order valence-electron chi connectivity index (χ0n) is 21.6. The second-order valence-electron chi connectivity index (χ2n) is 11.6. The van der Waals surface area contributed by atoms with Crippen LogP contribution in [0.4, 0.5) is 4.79 Å². The molecule has 1 aromatic carbocycles. The van der Waals surface area contributed by atoms with Crippen molar-refractivity contribution in [2.75, 3.05) is 6.54 Å². The van der Waals surface area contributed by atoms with Crippen LogP contribution in [-0.4, -0.2) is 60.6 Å². The van der Waals surface area contributed by atoms with Gasteiger partial charge in [0.2, 0.25) is 0 Å². The zero-order chi connectivity index (χ0) is 25.5. The van der Waals surface area contributed by atoms with E-state index in [-0.39, 0.29) is 30.0 Å². The van der Waals surface area contributed by atoms with Gasteiger partial charge >= 0.3 is 6.09 Å². The van der Waals surface area contributed by atoms with Gasteiger partial charge in [-0.25, -0.2) is 4.79 Å². The fraction of sp³-hybridized carbons (Fsp3) is 0.654. The van der Waals surface area contributed by atoms with Crippen molar-refractivity contribution in [1.29, 1.82) is 0 Å². The molecule has 2 amide bonds. The third-order valence-corrected chi connectivity index (χ3v) is 7.26. The Kier molecular flexibility index (Phi) is 7.04. The number of rotatable bonds is 6. The Labute approximate surface area is 202 Å². The van der Waals surface area contributed by atoms with E-state index in [1.165, 1.54) is 4.90 Å². The van der Waals surface area contributed by atoms with Crippen molar-refractivity contribution >= 4 is 22.9 Å². The molecule has 1 aliphatic heterocycles. The highest BCUT2D eigenvalue weighted by Crippen LogP contribution is 2.46. The number of para-hydroxylation sites is 1. The molecule has 2 aromatic rings. The summed E-state index contributed by atoms with van der Waals surface area (Å²) in [7, 11) is 0. The SMILES string of the molecule is CC(C)n1nc(C(=O)N[C@H]2CC[C@](CCC(C)(C)O)(C(C)(C)C)N(C(=O)O)C2)c2ccccc21. The van der Waals surface area contributed by atoms with Gasteiger partial charge in [0.15, 0.2) is 5.69 Å². The largest absolute Gasteiger partial charge is 0.465 e. The number of carbonyl (C=O) groups excluding carboxylic acids is 1. The second-order valence-corrected chi connectivity index (χ2v) is 11.6. The highest BCUT2D eigenvalue weighted by Gasteiger charge is 2.52. The van der Waals surface area contributed by atoms with Crippen LogP contribution >= 0.6 is 0 Å². The minimum Gasteiger partial charge on any atom is -0.465 e. The van der Waals surface area contributed by atoms with Gasteiger partial charge in [0.05, 0.1) is 16.7 Å². The predicted octanol–water partition coefficient (Wildman–Crippen LogP) is 4.83.